The van der Waals surface area contributed by atoms with Gasteiger partial charge in [0.05, 0.1) is 11.8 Å². The molecule has 0 heterocycles. The third-order valence-corrected chi connectivity index (χ3v) is 5.00. The summed E-state index contributed by atoms with van der Waals surface area (Å²) in [5.41, 5.74) is 4.01. The fraction of sp³-hybridized carbons (Fsp3) is 0.316. The molecule has 0 fully saturated rings. The fourth-order valence-corrected chi connectivity index (χ4v) is 3.46. The van der Waals surface area contributed by atoms with Crippen molar-refractivity contribution < 1.29 is 9.18 Å². The van der Waals surface area contributed by atoms with E-state index in [-0.39, 0.29) is 23.5 Å². The number of amides is 1. The van der Waals surface area contributed by atoms with Crippen molar-refractivity contribution in [3.8, 4) is 0 Å². The van der Waals surface area contributed by atoms with Crippen LogP contribution in [0.5, 0.6) is 0 Å². The van der Waals surface area contributed by atoms with Crippen LogP contribution in [-0.2, 0) is 10.5 Å². The van der Waals surface area contributed by atoms with Crippen molar-refractivity contribution in [3.05, 3.63) is 69.5 Å². The Kier molecular flexibility index (Phi) is 6.69. The monoisotopic (exact) mass is 365 g/mol. The molecule has 0 saturated heterocycles. The van der Waals surface area contributed by atoms with E-state index >= 15 is 0 Å². The van der Waals surface area contributed by atoms with E-state index in [2.05, 4.69) is 23.5 Å². The summed E-state index contributed by atoms with van der Waals surface area (Å²) in [6.45, 7) is 6.05. The summed E-state index contributed by atoms with van der Waals surface area (Å²) in [5, 5.41) is 3.38. The predicted octanol–water partition coefficient (Wildman–Crippen LogP) is 5.21. The number of aryl methyl sites for hydroxylation is 2. The van der Waals surface area contributed by atoms with Crippen molar-refractivity contribution in [3.63, 3.8) is 0 Å². The summed E-state index contributed by atoms with van der Waals surface area (Å²) in [6, 6.07) is 10.8. The molecule has 2 aromatic carbocycles. The highest BCUT2D eigenvalue weighted by Crippen LogP contribution is 2.21. The smallest absolute Gasteiger partial charge is 0.230 e. The molecule has 5 heteroatoms. The summed E-state index contributed by atoms with van der Waals surface area (Å²) in [7, 11) is 0. The Labute approximate surface area is 151 Å². The molecule has 128 valence electrons. The first-order valence-corrected chi connectivity index (χ1v) is 9.28. The topological polar surface area (TPSA) is 29.1 Å². The highest BCUT2D eigenvalue weighted by atomic mass is 35.5. The van der Waals surface area contributed by atoms with Gasteiger partial charge in [-0.15, -0.1) is 11.8 Å². The van der Waals surface area contributed by atoms with Gasteiger partial charge in [-0.25, -0.2) is 4.39 Å². The van der Waals surface area contributed by atoms with E-state index in [1.807, 2.05) is 20.8 Å². The van der Waals surface area contributed by atoms with Crippen molar-refractivity contribution in [2.75, 3.05) is 5.75 Å². The molecule has 0 aliphatic rings. The van der Waals surface area contributed by atoms with Crippen molar-refractivity contribution >= 4 is 29.3 Å². The second-order valence-electron chi connectivity index (χ2n) is 5.88. The highest BCUT2D eigenvalue weighted by molar-refractivity contribution is 7.99. The van der Waals surface area contributed by atoms with Crippen LogP contribution in [0.4, 0.5) is 4.39 Å². The Balaban J connectivity index is 1.85. The van der Waals surface area contributed by atoms with E-state index in [9.17, 15) is 9.18 Å². The molecular weight excluding hydrogens is 345 g/mol. The number of nitrogens with one attached hydrogen (secondary N) is 1. The van der Waals surface area contributed by atoms with E-state index in [0.717, 1.165) is 11.1 Å². The van der Waals surface area contributed by atoms with Crippen LogP contribution in [0.3, 0.4) is 0 Å². The Bertz CT molecular complexity index is 735. The molecule has 0 bridgehead atoms. The minimum atomic E-state index is -0.334. The van der Waals surface area contributed by atoms with Crippen LogP contribution in [0.1, 0.15) is 35.2 Å². The quantitative estimate of drug-likeness (QED) is 0.761. The molecule has 0 radical (unpaired) electrons. The molecule has 0 saturated carbocycles. The molecule has 2 rings (SSSR count). The van der Waals surface area contributed by atoms with Gasteiger partial charge in [0.1, 0.15) is 5.82 Å². The Morgan fingerprint density at radius 2 is 2.00 bits per heavy atom. The number of benzene rings is 2. The Morgan fingerprint density at radius 3 is 2.71 bits per heavy atom. The summed E-state index contributed by atoms with van der Waals surface area (Å²) in [6.07, 6.45) is 0. The van der Waals surface area contributed by atoms with Gasteiger partial charge in [-0.1, -0.05) is 41.4 Å². The van der Waals surface area contributed by atoms with Gasteiger partial charge in [-0.05, 0) is 49.6 Å². The molecule has 1 unspecified atom stereocenters. The molecule has 1 N–H and O–H groups in total. The second-order valence-corrected chi connectivity index (χ2v) is 7.30. The molecule has 0 aliphatic carbocycles. The number of thioether (sulfide) groups is 1. The van der Waals surface area contributed by atoms with Crippen LogP contribution < -0.4 is 5.32 Å². The van der Waals surface area contributed by atoms with Crippen LogP contribution in [0, 0.1) is 19.7 Å². The molecule has 0 spiro atoms. The third-order valence-electron chi connectivity index (χ3n) is 3.78. The maximum atomic E-state index is 13.7. The molecule has 1 amide bonds. The first-order chi connectivity index (χ1) is 11.4. The molecule has 24 heavy (non-hydrogen) atoms. The largest absolute Gasteiger partial charge is 0.349 e. The van der Waals surface area contributed by atoms with E-state index in [4.69, 9.17) is 11.6 Å². The normalized spacial score (nSPS) is 12.0. The first-order valence-electron chi connectivity index (χ1n) is 7.75. The van der Waals surface area contributed by atoms with Crippen molar-refractivity contribution in [1.82, 2.24) is 5.32 Å². The first kappa shape index (κ1) is 18.8. The van der Waals surface area contributed by atoms with Crippen LogP contribution in [0.15, 0.2) is 36.4 Å². The average Bonchev–Trinajstić information content (AvgIpc) is 2.51. The van der Waals surface area contributed by atoms with E-state index in [0.29, 0.717) is 16.3 Å². The standard InChI is InChI=1S/C19H21ClFNOS/c1-12-4-5-13(2)17(8-12)14(3)22-19(23)11-24-10-15-6-7-16(20)9-18(15)21/h4-9,14H,10-11H2,1-3H3,(H,22,23). The molecular formula is C19H21ClFNOS. The fourth-order valence-electron chi connectivity index (χ4n) is 2.48. The lowest BCUT2D eigenvalue weighted by atomic mass is 10.00. The number of carbonyl (C=O) groups is 1. The molecule has 1 atom stereocenters. The van der Waals surface area contributed by atoms with Gasteiger partial charge in [0, 0.05) is 10.8 Å². The van der Waals surface area contributed by atoms with Gasteiger partial charge in [0.25, 0.3) is 0 Å². The number of rotatable bonds is 6. The number of halogens is 2. The number of carbonyl (C=O) groups excluding carboxylic acids is 1. The van der Waals surface area contributed by atoms with E-state index < -0.39 is 0 Å². The summed E-state index contributed by atoms with van der Waals surface area (Å²) in [4.78, 5) is 12.1. The number of hydrogen-bond donors (Lipinski definition) is 1. The van der Waals surface area contributed by atoms with Crippen molar-refractivity contribution in [2.24, 2.45) is 0 Å². The third kappa shape index (κ3) is 5.25. The van der Waals surface area contributed by atoms with Crippen LogP contribution >= 0.6 is 23.4 Å². The van der Waals surface area contributed by atoms with Gasteiger partial charge in [0.15, 0.2) is 0 Å². The Hall–Kier alpha value is -1.52. The van der Waals surface area contributed by atoms with Gasteiger partial charge >= 0.3 is 0 Å². The maximum Gasteiger partial charge on any atom is 0.230 e. The SMILES string of the molecule is Cc1ccc(C)c(C(C)NC(=O)CSCc2ccc(Cl)cc2F)c1. The Morgan fingerprint density at radius 1 is 1.25 bits per heavy atom. The van der Waals surface area contributed by atoms with Gasteiger partial charge in [-0.3, -0.25) is 4.79 Å². The predicted molar refractivity (Wildman–Crippen MR) is 100 cm³/mol. The zero-order valence-electron chi connectivity index (χ0n) is 14.0. The number of hydrogen-bond acceptors (Lipinski definition) is 2. The summed E-state index contributed by atoms with van der Waals surface area (Å²) < 4.78 is 13.7. The minimum absolute atomic E-state index is 0.0507. The zero-order chi connectivity index (χ0) is 17.7. The highest BCUT2D eigenvalue weighted by Gasteiger charge is 2.12. The summed E-state index contributed by atoms with van der Waals surface area (Å²) >= 11 is 7.11. The second kappa shape index (κ2) is 8.54. The summed E-state index contributed by atoms with van der Waals surface area (Å²) in [5.74, 6) is 0.341. The van der Waals surface area contributed by atoms with Gasteiger partial charge in [0.2, 0.25) is 5.91 Å². The van der Waals surface area contributed by atoms with E-state index in [1.54, 1.807) is 12.1 Å². The van der Waals surface area contributed by atoms with E-state index in [1.165, 1.54) is 23.4 Å². The van der Waals surface area contributed by atoms with Crippen molar-refractivity contribution in [2.45, 2.75) is 32.6 Å². The molecule has 2 aromatic rings. The lowest BCUT2D eigenvalue weighted by molar-refractivity contribution is -0.119. The van der Waals surface area contributed by atoms with Crippen LogP contribution in [0.2, 0.25) is 5.02 Å². The molecule has 2 nitrogen and oxygen atoms in total. The average molecular weight is 366 g/mol. The maximum absolute atomic E-state index is 13.7. The lowest BCUT2D eigenvalue weighted by Crippen LogP contribution is -2.28. The minimum Gasteiger partial charge on any atom is -0.349 e. The van der Waals surface area contributed by atoms with Crippen LogP contribution in [-0.4, -0.2) is 11.7 Å². The van der Waals surface area contributed by atoms with Crippen molar-refractivity contribution in [1.29, 1.82) is 0 Å². The van der Waals surface area contributed by atoms with Crippen LogP contribution in [0.25, 0.3) is 0 Å². The van der Waals surface area contributed by atoms with Gasteiger partial charge in [-0.2, -0.15) is 0 Å². The lowest BCUT2D eigenvalue weighted by Gasteiger charge is -2.17. The molecule has 0 aromatic heterocycles. The molecule has 0 aliphatic heterocycles. The van der Waals surface area contributed by atoms with Gasteiger partial charge < -0.3 is 5.32 Å². The zero-order valence-corrected chi connectivity index (χ0v) is 15.6.